The number of nitrogens with zero attached hydrogens (tertiary/aromatic N) is 1. The van der Waals surface area contributed by atoms with Crippen LogP contribution in [0, 0.1) is 0 Å². The number of allylic oxidation sites excluding steroid dienone is 1. The van der Waals surface area contributed by atoms with E-state index in [9.17, 15) is 0 Å². The van der Waals surface area contributed by atoms with Crippen LogP contribution in [0.25, 0.3) is 0 Å². The Labute approximate surface area is 47.5 Å². The van der Waals surface area contributed by atoms with E-state index in [2.05, 4.69) is 5.32 Å². The zero-order valence-corrected chi connectivity index (χ0v) is 4.90. The van der Waals surface area contributed by atoms with E-state index in [1.807, 2.05) is 18.5 Å². The number of thioether (sulfide) groups is 1. The van der Waals surface area contributed by atoms with Crippen LogP contribution in [0.1, 0.15) is 6.92 Å². The summed E-state index contributed by atoms with van der Waals surface area (Å²) in [6.07, 6.45) is 3.64. The molecule has 0 atom stereocenters. The van der Waals surface area contributed by atoms with Gasteiger partial charge in [-0.1, -0.05) is 11.8 Å². The first kappa shape index (κ1) is 4.78. The summed E-state index contributed by atoms with van der Waals surface area (Å²) in [6, 6.07) is 0. The monoisotopic (exact) mass is 112 g/mol. The van der Waals surface area contributed by atoms with E-state index < -0.39 is 0 Å². The van der Waals surface area contributed by atoms with E-state index in [4.69, 9.17) is 0 Å². The molecular weight excluding hydrogens is 106 g/mol. The summed E-state index contributed by atoms with van der Waals surface area (Å²) in [5, 5.41) is 5.86. The van der Waals surface area contributed by atoms with E-state index >= 15 is 0 Å². The molecule has 1 rings (SSSR count). The lowest BCUT2D eigenvalue weighted by atomic mass is 10.7. The number of hydrogen-bond donors (Lipinski definition) is 0. The molecule has 0 aromatic rings. The van der Waals surface area contributed by atoms with Crippen LogP contribution in [0.15, 0.2) is 22.7 Å². The second-order valence-corrected chi connectivity index (χ2v) is 2.44. The molecule has 0 unspecified atom stereocenters. The van der Waals surface area contributed by atoms with Gasteiger partial charge in [-0.25, -0.2) is 0 Å². The Kier molecular flexibility index (Phi) is 1.42. The molecular formula is C5H6NS. The van der Waals surface area contributed by atoms with Crippen LogP contribution < -0.4 is 5.32 Å². The van der Waals surface area contributed by atoms with Gasteiger partial charge in [0.1, 0.15) is 0 Å². The van der Waals surface area contributed by atoms with Crippen molar-refractivity contribution in [1.29, 1.82) is 0 Å². The van der Waals surface area contributed by atoms with Crippen molar-refractivity contribution >= 4 is 11.8 Å². The predicted molar refractivity (Wildman–Crippen MR) is 32.6 cm³/mol. The molecule has 0 aromatic heterocycles. The quantitative estimate of drug-likeness (QED) is 0.465. The van der Waals surface area contributed by atoms with Crippen molar-refractivity contribution in [2.75, 3.05) is 0 Å². The van der Waals surface area contributed by atoms with Gasteiger partial charge in [0.05, 0.1) is 0 Å². The van der Waals surface area contributed by atoms with Crippen molar-refractivity contribution in [3.05, 3.63) is 22.7 Å². The molecule has 0 fully saturated rings. The predicted octanol–water partition coefficient (Wildman–Crippen LogP) is 1.67. The topological polar surface area (TPSA) is 14.1 Å². The van der Waals surface area contributed by atoms with Crippen molar-refractivity contribution < 1.29 is 0 Å². The molecule has 0 saturated carbocycles. The molecule has 1 radical (unpaired) electrons. The zero-order valence-electron chi connectivity index (χ0n) is 4.09. The maximum absolute atomic E-state index is 3.89. The third kappa shape index (κ3) is 1.27. The molecule has 1 nitrogen and oxygen atoms in total. The second-order valence-electron chi connectivity index (χ2n) is 1.29. The first-order valence-corrected chi connectivity index (χ1v) is 2.96. The van der Waals surface area contributed by atoms with Crippen LogP contribution in [0.5, 0.6) is 0 Å². The largest absolute Gasteiger partial charge is 0.263 e. The first-order chi connectivity index (χ1) is 3.39. The second kappa shape index (κ2) is 2.07. The van der Waals surface area contributed by atoms with Gasteiger partial charge < -0.3 is 0 Å². The van der Waals surface area contributed by atoms with Gasteiger partial charge in [0.25, 0.3) is 0 Å². The average Bonchev–Trinajstić information content (AvgIpc) is 1.69. The Bertz CT molecular complexity index is 115. The molecule has 1 aliphatic rings. The van der Waals surface area contributed by atoms with Gasteiger partial charge in [0.15, 0.2) is 0 Å². The normalized spacial score (nSPS) is 18.1. The smallest absolute Gasteiger partial charge is 0.0363 e. The first-order valence-electron chi connectivity index (χ1n) is 2.08. The molecule has 0 N–H and O–H groups in total. The summed E-state index contributed by atoms with van der Waals surface area (Å²) >= 11 is 1.70. The van der Waals surface area contributed by atoms with Crippen LogP contribution in [0.3, 0.4) is 0 Å². The highest BCUT2D eigenvalue weighted by Gasteiger charge is 1.88. The molecule has 1 aliphatic heterocycles. The number of rotatable bonds is 0. The zero-order chi connectivity index (χ0) is 5.11. The number of hydrogen-bond acceptors (Lipinski definition) is 1. The van der Waals surface area contributed by atoms with Gasteiger partial charge in [-0.3, -0.25) is 5.32 Å². The fraction of sp³-hybridized carbons (Fsp3) is 0.200. The third-order valence-electron chi connectivity index (χ3n) is 0.657. The lowest BCUT2D eigenvalue weighted by Gasteiger charge is -1.97. The molecule has 0 saturated heterocycles. The Morgan fingerprint density at radius 3 is 2.86 bits per heavy atom. The van der Waals surface area contributed by atoms with Crippen molar-refractivity contribution in [1.82, 2.24) is 5.32 Å². The van der Waals surface area contributed by atoms with Gasteiger partial charge in [0, 0.05) is 17.3 Å². The average molecular weight is 112 g/mol. The highest BCUT2D eigenvalue weighted by atomic mass is 32.2. The Hall–Kier alpha value is -0.370. The molecule has 2 heteroatoms. The molecule has 0 amide bonds. The summed E-state index contributed by atoms with van der Waals surface area (Å²) in [7, 11) is 0. The summed E-state index contributed by atoms with van der Waals surface area (Å²) in [6.45, 7) is 2.04. The molecule has 0 aliphatic carbocycles. The summed E-state index contributed by atoms with van der Waals surface area (Å²) in [5.74, 6) is 0. The SMILES string of the molecule is CC1=C[N]C=CS1. The maximum atomic E-state index is 3.89. The minimum absolute atomic E-state index is 1.25. The molecule has 1 heterocycles. The fourth-order valence-corrected chi connectivity index (χ4v) is 0.819. The standard InChI is InChI=1S/C5H6NS/c1-5-4-6-2-3-7-5/h2-4H,1H3. The van der Waals surface area contributed by atoms with Gasteiger partial charge in [-0.05, 0) is 12.3 Å². The van der Waals surface area contributed by atoms with E-state index in [1.54, 1.807) is 18.0 Å². The van der Waals surface area contributed by atoms with Crippen molar-refractivity contribution in [3.63, 3.8) is 0 Å². The van der Waals surface area contributed by atoms with E-state index in [1.165, 1.54) is 4.91 Å². The van der Waals surface area contributed by atoms with Crippen LogP contribution in [0.2, 0.25) is 0 Å². The van der Waals surface area contributed by atoms with Gasteiger partial charge in [-0.15, -0.1) is 0 Å². The highest BCUT2D eigenvalue weighted by Crippen LogP contribution is 2.17. The Morgan fingerprint density at radius 2 is 2.57 bits per heavy atom. The van der Waals surface area contributed by atoms with Crippen LogP contribution >= 0.6 is 11.8 Å². The van der Waals surface area contributed by atoms with Crippen molar-refractivity contribution in [2.45, 2.75) is 6.92 Å². The van der Waals surface area contributed by atoms with Crippen molar-refractivity contribution in [2.24, 2.45) is 0 Å². The Balaban J connectivity index is 2.50. The molecule has 0 spiro atoms. The van der Waals surface area contributed by atoms with E-state index in [0.717, 1.165) is 0 Å². The molecule has 0 aromatic carbocycles. The Morgan fingerprint density at radius 1 is 1.71 bits per heavy atom. The van der Waals surface area contributed by atoms with Crippen molar-refractivity contribution in [3.8, 4) is 0 Å². The molecule has 37 valence electrons. The minimum atomic E-state index is 1.25. The summed E-state index contributed by atoms with van der Waals surface area (Å²) in [4.78, 5) is 1.25. The maximum Gasteiger partial charge on any atom is 0.0363 e. The lowest BCUT2D eigenvalue weighted by Crippen LogP contribution is -1.85. The van der Waals surface area contributed by atoms with Crippen LogP contribution in [0.4, 0.5) is 0 Å². The minimum Gasteiger partial charge on any atom is -0.263 e. The summed E-state index contributed by atoms with van der Waals surface area (Å²) < 4.78 is 0. The highest BCUT2D eigenvalue weighted by molar-refractivity contribution is 8.05. The van der Waals surface area contributed by atoms with Gasteiger partial charge >= 0.3 is 0 Å². The molecule has 7 heavy (non-hydrogen) atoms. The molecule has 0 bridgehead atoms. The lowest BCUT2D eigenvalue weighted by molar-refractivity contribution is 1.16. The van der Waals surface area contributed by atoms with E-state index in [-0.39, 0.29) is 0 Å². The van der Waals surface area contributed by atoms with Gasteiger partial charge in [0.2, 0.25) is 0 Å². The third-order valence-corrected chi connectivity index (χ3v) is 1.39. The van der Waals surface area contributed by atoms with Crippen LogP contribution in [-0.4, -0.2) is 0 Å². The summed E-state index contributed by atoms with van der Waals surface area (Å²) in [5.41, 5.74) is 0. The van der Waals surface area contributed by atoms with Gasteiger partial charge in [-0.2, -0.15) is 0 Å². The van der Waals surface area contributed by atoms with Crippen LogP contribution in [-0.2, 0) is 0 Å². The fourth-order valence-electron chi connectivity index (χ4n) is 0.351. The van der Waals surface area contributed by atoms with E-state index in [0.29, 0.717) is 0 Å².